The Hall–Kier alpha value is -0.480. The van der Waals surface area contributed by atoms with Crippen LogP contribution in [0.1, 0.15) is 46.0 Å². The normalized spacial score (nSPS) is 12.9. The van der Waals surface area contributed by atoms with Crippen LogP contribution in [0.4, 0.5) is 0 Å². The van der Waals surface area contributed by atoms with Gasteiger partial charge in [-0.3, -0.25) is 0 Å². The lowest BCUT2D eigenvalue weighted by Gasteiger charge is -2.13. The van der Waals surface area contributed by atoms with Crippen LogP contribution in [0.5, 0.6) is 0 Å². The fourth-order valence-electron chi connectivity index (χ4n) is 1.09. The fourth-order valence-corrected chi connectivity index (χ4v) is 1.09. The standard InChI is InChI=1S/C11H20O/c1-4-5-6-7-8-9-11(12)10(2)3/h1,10-12H,5-9H2,2-3H3/t11-/m1/s1. The quantitative estimate of drug-likeness (QED) is 0.477. The smallest absolute Gasteiger partial charge is 0.0563 e. The highest BCUT2D eigenvalue weighted by Crippen LogP contribution is 2.11. The third kappa shape index (κ3) is 6.24. The van der Waals surface area contributed by atoms with Crippen molar-refractivity contribution < 1.29 is 5.11 Å². The lowest BCUT2D eigenvalue weighted by molar-refractivity contribution is 0.113. The van der Waals surface area contributed by atoms with Crippen molar-refractivity contribution in [3.05, 3.63) is 0 Å². The van der Waals surface area contributed by atoms with E-state index in [0.717, 1.165) is 32.1 Å². The van der Waals surface area contributed by atoms with E-state index in [1.807, 2.05) is 13.8 Å². The van der Waals surface area contributed by atoms with Gasteiger partial charge in [-0.15, -0.1) is 12.3 Å². The van der Waals surface area contributed by atoms with Gasteiger partial charge >= 0.3 is 0 Å². The molecule has 0 fully saturated rings. The van der Waals surface area contributed by atoms with Gasteiger partial charge in [-0.1, -0.05) is 26.7 Å². The Balaban J connectivity index is 3.15. The molecule has 0 saturated heterocycles. The van der Waals surface area contributed by atoms with E-state index in [1.54, 1.807) is 0 Å². The summed E-state index contributed by atoms with van der Waals surface area (Å²) < 4.78 is 0. The molecule has 0 amide bonds. The Morgan fingerprint density at radius 3 is 2.42 bits per heavy atom. The summed E-state index contributed by atoms with van der Waals surface area (Å²) in [6, 6.07) is 0. The molecule has 70 valence electrons. The summed E-state index contributed by atoms with van der Waals surface area (Å²) in [5.74, 6) is 3.00. The van der Waals surface area contributed by atoms with Gasteiger partial charge in [-0.05, 0) is 18.8 Å². The average molecular weight is 168 g/mol. The van der Waals surface area contributed by atoms with Gasteiger partial charge in [0.05, 0.1) is 6.10 Å². The van der Waals surface area contributed by atoms with E-state index < -0.39 is 0 Å². The van der Waals surface area contributed by atoms with E-state index in [2.05, 4.69) is 5.92 Å². The Labute approximate surface area is 76.2 Å². The van der Waals surface area contributed by atoms with Crippen molar-refractivity contribution in [3.8, 4) is 12.3 Å². The summed E-state index contributed by atoms with van der Waals surface area (Å²) in [6.45, 7) is 4.10. The fraction of sp³-hybridized carbons (Fsp3) is 0.818. The number of hydrogen-bond donors (Lipinski definition) is 1. The maximum absolute atomic E-state index is 9.44. The van der Waals surface area contributed by atoms with Gasteiger partial charge in [0.2, 0.25) is 0 Å². The third-order valence-corrected chi connectivity index (χ3v) is 2.09. The Kier molecular flexibility index (Phi) is 6.90. The van der Waals surface area contributed by atoms with Crippen LogP contribution in [0.2, 0.25) is 0 Å². The largest absolute Gasteiger partial charge is 0.393 e. The molecule has 1 N–H and O–H groups in total. The van der Waals surface area contributed by atoms with Crippen LogP contribution >= 0.6 is 0 Å². The van der Waals surface area contributed by atoms with Gasteiger partial charge in [0.15, 0.2) is 0 Å². The molecule has 0 radical (unpaired) electrons. The van der Waals surface area contributed by atoms with Crippen molar-refractivity contribution >= 4 is 0 Å². The first-order valence-corrected chi connectivity index (χ1v) is 4.80. The van der Waals surface area contributed by atoms with E-state index >= 15 is 0 Å². The number of aliphatic hydroxyl groups is 1. The maximum Gasteiger partial charge on any atom is 0.0563 e. The van der Waals surface area contributed by atoms with Gasteiger partial charge in [0.1, 0.15) is 0 Å². The highest BCUT2D eigenvalue weighted by atomic mass is 16.3. The van der Waals surface area contributed by atoms with E-state index in [-0.39, 0.29) is 6.10 Å². The summed E-state index contributed by atoms with van der Waals surface area (Å²) in [5.41, 5.74) is 0. The second-order valence-corrected chi connectivity index (χ2v) is 3.61. The van der Waals surface area contributed by atoms with Gasteiger partial charge in [0, 0.05) is 6.42 Å². The minimum atomic E-state index is -0.129. The highest BCUT2D eigenvalue weighted by molar-refractivity contribution is 4.82. The van der Waals surface area contributed by atoms with Gasteiger partial charge < -0.3 is 5.11 Å². The predicted molar refractivity (Wildman–Crippen MR) is 52.8 cm³/mol. The Morgan fingerprint density at radius 2 is 1.92 bits per heavy atom. The topological polar surface area (TPSA) is 20.2 Å². The van der Waals surface area contributed by atoms with Crippen LogP contribution in [0.25, 0.3) is 0 Å². The van der Waals surface area contributed by atoms with Crippen LogP contribution in [0, 0.1) is 18.3 Å². The molecule has 12 heavy (non-hydrogen) atoms. The SMILES string of the molecule is C#CCCCCC[C@@H](O)C(C)C. The van der Waals surface area contributed by atoms with E-state index in [0.29, 0.717) is 5.92 Å². The zero-order valence-corrected chi connectivity index (χ0v) is 8.21. The highest BCUT2D eigenvalue weighted by Gasteiger charge is 2.07. The molecule has 0 aromatic carbocycles. The molecule has 0 unspecified atom stereocenters. The average Bonchev–Trinajstić information content (AvgIpc) is 2.03. The van der Waals surface area contributed by atoms with Gasteiger partial charge in [0.25, 0.3) is 0 Å². The van der Waals surface area contributed by atoms with E-state index in [1.165, 1.54) is 0 Å². The van der Waals surface area contributed by atoms with Crippen molar-refractivity contribution in [2.75, 3.05) is 0 Å². The first-order valence-electron chi connectivity index (χ1n) is 4.80. The molecule has 0 spiro atoms. The summed E-state index contributed by atoms with van der Waals surface area (Å²) in [4.78, 5) is 0. The van der Waals surface area contributed by atoms with Crippen molar-refractivity contribution in [3.63, 3.8) is 0 Å². The van der Waals surface area contributed by atoms with Crippen molar-refractivity contribution in [1.82, 2.24) is 0 Å². The molecule has 0 aliphatic rings. The second kappa shape index (κ2) is 7.18. The summed E-state index contributed by atoms with van der Waals surface area (Å²) in [6.07, 6.45) is 10.1. The number of rotatable bonds is 6. The Bertz CT molecular complexity index is 132. The lowest BCUT2D eigenvalue weighted by Crippen LogP contribution is -2.13. The van der Waals surface area contributed by atoms with Crippen molar-refractivity contribution in [2.45, 2.75) is 52.1 Å². The number of unbranched alkanes of at least 4 members (excludes halogenated alkanes) is 3. The number of aliphatic hydroxyl groups excluding tert-OH is 1. The predicted octanol–water partition coefficient (Wildman–Crippen LogP) is 2.59. The summed E-state index contributed by atoms with van der Waals surface area (Å²) >= 11 is 0. The first-order chi connectivity index (χ1) is 5.68. The molecule has 0 aliphatic heterocycles. The molecule has 0 aliphatic carbocycles. The van der Waals surface area contributed by atoms with E-state index in [9.17, 15) is 5.11 Å². The van der Waals surface area contributed by atoms with Crippen LogP contribution in [0.15, 0.2) is 0 Å². The van der Waals surface area contributed by atoms with Crippen molar-refractivity contribution in [2.24, 2.45) is 5.92 Å². The van der Waals surface area contributed by atoms with Crippen LogP contribution in [-0.4, -0.2) is 11.2 Å². The molecule has 0 rings (SSSR count). The molecule has 1 heteroatoms. The summed E-state index contributed by atoms with van der Waals surface area (Å²) in [7, 11) is 0. The zero-order chi connectivity index (χ0) is 9.40. The minimum absolute atomic E-state index is 0.129. The third-order valence-electron chi connectivity index (χ3n) is 2.09. The van der Waals surface area contributed by atoms with Crippen molar-refractivity contribution in [1.29, 1.82) is 0 Å². The molecular weight excluding hydrogens is 148 g/mol. The van der Waals surface area contributed by atoms with Crippen LogP contribution < -0.4 is 0 Å². The van der Waals surface area contributed by atoms with E-state index in [4.69, 9.17) is 6.42 Å². The van der Waals surface area contributed by atoms with Crippen LogP contribution in [-0.2, 0) is 0 Å². The number of terminal acetylenes is 1. The number of hydrogen-bond acceptors (Lipinski definition) is 1. The molecule has 1 nitrogen and oxygen atoms in total. The lowest BCUT2D eigenvalue weighted by atomic mass is 10.0. The zero-order valence-electron chi connectivity index (χ0n) is 8.21. The first kappa shape index (κ1) is 11.5. The molecule has 0 aromatic rings. The molecular formula is C11H20O. The van der Waals surface area contributed by atoms with Crippen LogP contribution in [0.3, 0.4) is 0 Å². The van der Waals surface area contributed by atoms with Gasteiger partial charge in [-0.25, -0.2) is 0 Å². The monoisotopic (exact) mass is 168 g/mol. The minimum Gasteiger partial charge on any atom is -0.393 e. The molecule has 1 atom stereocenters. The summed E-state index contributed by atoms with van der Waals surface area (Å²) in [5, 5.41) is 9.44. The Morgan fingerprint density at radius 1 is 1.25 bits per heavy atom. The van der Waals surface area contributed by atoms with Gasteiger partial charge in [-0.2, -0.15) is 0 Å². The molecule has 0 aromatic heterocycles. The molecule has 0 bridgehead atoms. The second-order valence-electron chi connectivity index (χ2n) is 3.61. The molecule has 0 saturated carbocycles. The maximum atomic E-state index is 9.44. The molecule has 0 heterocycles.